The monoisotopic (exact) mass is 384 g/mol. The molecule has 10 nitrogen and oxygen atoms in total. The maximum Gasteiger partial charge on any atom is 0.334 e. The first-order valence-electron chi connectivity index (χ1n) is 8.17. The molecule has 1 aliphatic heterocycles. The lowest BCUT2D eigenvalue weighted by Gasteiger charge is -2.30. The van der Waals surface area contributed by atoms with Crippen molar-refractivity contribution in [3.8, 4) is 0 Å². The molecular formula is C18H16N4O6. The smallest absolute Gasteiger partial charge is 0.334 e. The number of carbonyl (C=O) groups is 2. The van der Waals surface area contributed by atoms with Crippen LogP contribution in [0.25, 0.3) is 0 Å². The number of allylic oxidation sites excluding steroid dienone is 2. The van der Waals surface area contributed by atoms with Crippen LogP contribution in [0, 0.1) is 10.1 Å². The Hall–Kier alpha value is -3.95. The molecule has 0 radical (unpaired) electrons. The molecule has 1 unspecified atom stereocenters. The van der Waals surface area contributed by atoms with Crippen molar-refractivity contribution in [2.75, 3.05) is 0 Å². The fourth-order valence-corrected chi connectivity index (χ4v) is 3.27. The van der Waals surface area contributed by atoms with Crippen LogP contribution in [-0.4, -0.2) is 36.6 Å². The van der Waals surface area contributed by atoms with Crippen LogP contribution >= 0.6 is 0 Å². The maximum atomic E-state index is 12.1. The molecule has 2 heterocycles. The van der Waals surface area contributed by atoms with E-state index >= 15 is 0 Å². The van der Waals surface area contributed by atoms with Gasteiger partial charge in [-0.2, -0.15) is 0 Å². The quantitative estimate of drug-likeness (QED) is 0.505. The minimum Gasteiger partial charge on any atom is -0.478 e. The van der Waals surface area contributed by atoms with Crippen molar-refractivity contribution < 1.29 is 24.7 Å². The number of hydrogen-bond donors (Lipinski definition) is 3. The van der Waals surface area contributed by atoms with Gasteiger partial charge in [0.05, 0.1) is 34.9 Å². The third-order valence-electron chi connectivity index (χ3n) is 4.42. The van der Waals surface area contributed by atoms with Crippen LogP contribution in [0.1, 0.15) is 18.4 Å². The molecule has 0 aliphatic carbocycles. The van der Waals surface area contributed by atoms with E-state index in [0.29, 0.717) is 0 Å². The van der Waals surface area contributed by atoms with Crippen LogP contribution in [-0.2, 0) is 16.1 Å². The van der Waals surface area contributed by atoms with Gasteiger partial charge in [0, 0.05) is 35.9 Å². The van der Waals surface area contributed by atoms with Crippen molar-refractivity contribution in [1.29, 1.82) is 0 Å². The highest BCUT2D eigenvalue weighted by molar-refractivity contribution is 5.98. The van der Waals surface area contributed by atoms with Gasteiger partial charge in [-0.3, -0.25) is 10.1 Å². The summed E-state index contributed by atoms with van der Waals surface area (Å²) in [5, 5.41) is 33.6. The highest BCUT2D eigenvalue weighted by Crippen LogP contribution is 2.39. The molecule has 28 heavy (non-hydrogen) atoms. The molecule has 1 aliphatic rings. The molecule has 0 spiro atoms. The summed E-state index contributed by atoms with van der Waals surface area (Å²) in [7, 11) is 0. The molecule has 144 valence electrons. The maximum absolute atomic E-state index is 12.1. The van der Waals surface area contributed by atoms with E-state index in [9.17, 15) is 29.9 Å². The van der Waals surface area contributed by atoms with E-state index in [2.05, 4.69) is 10.3 Å². The summed E-state index contributed by atoms with van der Waals surface area (Å²) in [4.78, 5) is 38.4. The molecule has 0 bridgehead atoms. The highest BCUT2D eigenvalue weighted by Gasteiger charge is 2.38. The molecule has 3 N–H and O–H groups in total. The number of carboxylic acid groups (broad SMARTS) is 2. The van der Waals surface area contributed by atoms with Gasteiger partial charge in [0.2, 0.25) is 0 Å². The Morgan fingerprint density at radius 2 is 2.00 bits per heavy atom. The molecule has 0 amide bonds. The summed E-state index contributed by atoms with van der Waals surface area (Å²) in [6.07, 6.45) is 4.68. The van der Waals surface area contributed by atoms with Gasteiger partial charge in [-0.1, -0.05) is 12.1 Å². The van der Waals surface area contributed by atoms with Crippen LogP contribution in [0.2, 0.25) is 0 Å². The SMILES string of the molecule is CC1=C(C(=O)O)C(c2cccc([N+](=O)[O-])c2)C(C(=O)O)=C(Cn2ccnc2)N1. The second-order valence-corrected chi connectivity index (χ2v) is 6.19. The summed E-state index contributed by atoms with van der Waals surface area (Å²) in [5.74, 6) is -3.79. The number of nitro benzene ring substituents is 1. The average Bonchev–Trinajstić information content (AvgIpc) is 3.13. The fraction of sp³-hybridized carbons (Fsp3) is 0.167. The average molecular weight is 384 g/mol. The third-order valence-corrected chi connectivity index (χ3v) is 4.42. The van der Waals surface area contributed by atoms with Gasteiger partial charge < -0.3 is 20.1 Å². The number of nitrogens with zero attached hydrogens (tertiary/aromatic N) is 3. The van der Waals surface area contributed by atoms with Crippen LogP contribution in [0.4, 0.5) is 5.69 Å². The summed E-state index contributed by atoms with van der Waals surface area (Å²) in [5.41, 5.74) is 0.158. The minimum atomic E-state index is -1.31. The molecule has 2 aromatic rings. The Morgan fingerprint density at radius 1 is 1.29 bits per heavy atom. The zero-order chi connectivity index (χ0) is 20.4. The summed E-state index contributed by atoms with van der Waals surface area (Å²) < 4.78 is 1.63. The van der Waals surface area contributed by atoms with E-state index in [4.69, 9.17) is 0 Å². The number of nitrogens with one attached hydrogen (secondary N) is 1. The number of dihydropyridines is 1. The molecular weight excluding hydrogens is 368 g/mol. The number of imidazole rings is 1. The topological polar surface area (TPSA) is 148 Å². The van der Waals surface area contributed by atoms with Crippen molar-refractivity contribution in [2.24, 2.45) is 0 Å². The van der Waals surface area contributed by atoms with Gasteiger partial charge in [0.25, 0.3) is 5.69 Å². The number of hydrogen-bond acceptors (Lipinski definition) is 6. The third kappa shape index (κ3) is 3.47. The molecule has 1 aromatic carbocycles. The Bertz CT molecular complexity index is 1020. The van der Waals surface area contributed by atoms with Crippen molar-refractivity contribution in [3.63, 3.8) is 0 Å². The second kappa shape index (κ2) is 7.35. The largest absolute Gasteiger partial charge is 0.478 e. The van der Waals surface area contributed by atoms with Gasteiger partial charge in [0.15, 0.2) is 0 Å². The number of carboxylic acids is 2. The van der Waals surface area contributed by atoms with E-state index in [0.717, 1.165) is 0 Å². The number of aliphatic carboxylic acids is 2. The van der Waals surface area contributed by atoms with E-state index in [-0.39, 0.29) is 40.3 Å². The number of nitro groups is 1. The van der Waals surface area contributed by atoms with Crippen LogP contribution in [0.15, 0.2) is 65.5 Å². The van der Waals surface area contributed by atoms with Crippen molar-refractivity contribution in [1.82, 2.24) is 14.9 Å². The predicted molar refractivity (Wildman–Crippen MR) is 96.2 cm³/mol. The van der Waals surface area contributed by atoms with Crippen LogP contribution in [0.5, 0.6) is 0 Å². The first-order valence-corrected chi connectivity index (χ1v) is 8.17. The molecule has 1 aromatic heterocycles. The normalized spacial score (nSPS) is 16.7. The summed E-state index contributed by atoms with van der Waals surface area (Å²) >= 11 is 0. The lowest BCUT2D eigenvalue weighted by atomic mass is 9.80. The zero-order valence-electron chi connectivity index (χ0n) is 14.7. The molecule has 10 heteroatoms. The standard InChI is InChI=1S/C18H16N4O6/c1-10-14(17(23)24)15(11-3-2-4-12(7-11)22(27)28)16(18(25)26)13(20-10)8-21-6-5-19-9-21/h2-7,9,15,20H,8H2,1H3,(H,23,24)(H,25,26). The van der Waals surface area contributed by atoms with Crippen LogP contribution < -0.4 is 5.32 Å². The Morgan fingerprint density at radius 3 is 2.57 bits per heavy atom. The van der Waals surface area contributed by atoms with Gasteiger partial charge in [-0.15, -0.1) is 0 Å². The highest BCUT2D eigenvalue weighted by atomic mass is 16.6. The van der Waals surface area contributed by atoms with Gasteiger partial charge >= 0.3 is 11.9 Å². The lowest BCUT2D eigenvalue weighted by molar-refractivity contribution is -0.384. The molecule has 0 saturated carbocycles. The minimum absolute atomic E-state index is 0.122. The fourth-order valence-electron chi connectivity index (χ4n) is 3.27. The molecule has 3 rings (SSSR count). The second-order valence-electron chi connectivity index (χ2n) is 6.19. The van der Waals surface area contributed by atoms with Crippen molar-refractivity contribution in [3.05, 3.63) is 81.2 Å². The number of aromatic nitrogens is 2. The number of benzene rings is 1. The first-order chi connectivity index (χ1) is 13.3. The number of non-ortho nitro benzene ring substituents is 1. The van der Waals surface area contributed by atoms with E-state index in [1.807, 2.05) is 0 Å². The van der Waals surface area contributed by atoms with Crippen molar-refractivity contribution in [2.45, 2.75) is 19.4 Å². The first kappa shape index (κ1) is 18.8. The summed E-state index contributed by atoms with van der Waals surface area (Å²) in [6, 6.07) is 5.35. The molecule has 0 fully saturated rings. The van der Waals surface area contributed by atoms with E-state index < -0.39 is 22.8 Å². The Labute approximate surface area is 158 Å². The van der Waals surface area contributed by atoms with E-state index in [1.165, 1.54) is 43.7 Å². The predicted octanol–water partition coefficient (Wildman–Crippen LogP) is 1.88. The van der Waals surface area contributed by atoms with Gasteiger partial charge in [0.1, 0.15) is 0 Å². The summed E-state index contributed by atoms with van der Waals surface area (Å²) in [6.45, 7) is 1.65. The van der Waals surface area contributed by atoms with Crippen LogP contribution in [0.3, 0.4) is 0 Å². The van der Waals surface area contributed by atoms with Gasteiger partial charge in [-0.05, 0) is 12.5 Å². The Balaban J connectivity index is 2.21. The zero-order valence-corrected chi connectivity index (χ0v) is 14.7. The number of rotatable bonds is 6. The lowest BCUT2D eigenvalue weighted by Crippen LogP contribution is -2.33. The van der Waals surface area contributed by atoms with Gasteiger partial charge in [-0.25, -0.2) is 14.6 Å². The Kier molecular flexibility index (Phi) is 4.94. The van der Waals surface area contributed by atoms with E-state index in [1.54, 1.807) is 10.8 Å². The van der Waals surface area contributed by atoms with Crippen molar-refractivity contribution >= 4 is 17.6 Å². The molecule has 0 saturated heterocycles. The molecule has 1 atom stereocenters.